The van der Waals surface area contributed by atoms with E-state index in [9.17, 15) is 4.79 Å². The maximum atomic E-state index is 12.2. The van der Waals surface area contributed by atoms with Gasteiger partial charge in [-0.05, 0) is 68.9 Å². The van der Waals surface area contributed by atoms with Crippen LogP contribution in [0.15, 0.2) is 0 Å². The third-order valence-electron chi connectivity index (χ3n) is 6.04. The Hall–Kier alpha value is -0.570. The number of hydrogen-bond acceptors (Lipinski definition) is 2. The summed E-state index contributed by atoms with van der Waals surface area (Å²) in [5, 5.41) is 6.66. The van der Waals surface area contributed by atoms with Gasteiger partial charge in [-0.3, -0.25) is 4.79 Å². The lowest BCUT2D eigenvalue weighted by Crippen LogP contribution is -2.41. The van der Waals surface area contributed by atoms with Crippen LogP contribution in [0.25, 0.3) is 0 Å². The summed E-state index contributed by atoms with van der Waals surface area (Å²) < 4.78 is 0. The topological polar surface area (TPSA) is 41.1 Å². The zero-order valence-corrected chi connectivity index (χ0v) is 14.2. The summed E-state index contributed by atoms with van der Waals surface area (Å²) in [6.07, 6.45) is 9.21. The molecule has 2 N–H and O–H groups in total. The molecule has 0 unspecified atom stereocenters. The van der Waals surface area contributed by atoms with Crippen LogP contribution < -0.4 is 10.6 Å². The number of piperidine rings is 1. The number of amides is 1. The van der Waals surface area contributed by atoms with Gasteiger partial charge in [-0.15, -0.1) is 0 Å². The van der Waals surface area contributed by atoms with Crippen molar-refractivity contribution in [3.63, 3.8) is 0 Å². The quantitative estimate of drug-likeness (QED) is 0.815. The zero-order valence-electron chi connectivity index (χ0n) is 14.2. The van der Waals surface area contributed by atoms with Crippen molar-refractivity contribution in [1.29, 1.82) is 0 Å². The maximum absolute atomic E-state index is 12.2. The van der Waals surface area contributed by atoms with Crippen LogP contribution in [0, 0.1) is 17.3 Å². The van der Waals surface area contributed by atoms with Gasteiger partial charge < -0.3 is 10.6 Å². The molecule has 1 saturated heterocycles. The van der Waals surface area contributed by atoms with Crippen LogP contribution in [-0.4, -0.2) is 25.0 Å². The van der Waals surface area contributed by atoms with E-state index in [-0.39, 0.29) is 0 Å². The number of carbonyl (C=O) groups excluding carboxylic acids is 1. The van der Waals surface area contributed by atoms with Crippen molar-refractivity contribution in [3.8, 4) is 0 Å². The van der Waals surface area contributed by atoms with Gasteiger partial charge in [-0.2, -0.15) is 0 Å². The molecule has 0 aromatic heterocycles. The van der Waals surface area contributed by atoms with E-state index in [1.54, 1.807) is 0 Å². The molecule has 3 heteroatoms. The molecule has 0 aromatic carbocycles. The lowest BCUT2D eigenvalue weighted by molar-refractivity contribution is -0.123. The Kier molecular flexibility index (Phi) is 6.09. The summed E-state index contributed by atoms with van der Waals surface area (Å²) in [5.74, 6) is 1.72. The SMILES string of the molecule is CCC(C)(C)C1CCC(NC(=O)CC2CCNCC2)CC1. The normalized spacial score (nSPS) is 28.3. The van der Waals surface area contributed by atoms with Crippen LogP contribution in [-0.2, 0) is 4.79 Å². The molecule has 2 rings (SSSR count). The van der Waals surface area contributed by atoms with E-state index in [1.807, 2.05) is 0 Å². The highest BCUT2D eigenvalue weighted by Crippen LogP contribution is 2.40. The van der Waals surface area contributed by atoms with Crippen LogP contribution in [0.3, 0.4) is 0 Å². The fourth-order valence-electron chi connectivity index (χ4n) is 3.94. The molecule has 1 aliphatic carbocycles. The predicted molar refractivity (Wildman–Crippen MR) is 88.2 cm³/mol. The van der Waals surface area contributed by atoms with Crippen LogP contribution in [0.5, 0.6) is 0 Å². The molecular formula is C18H34N2O. The summed E-state index contributed by atoms with van der Waals surface area (Å²) in [6.45, 7) is 9.25. The summed E-state index contributed by atoms with van der Waals surface area (Å²) in [4.78, 5) is 12.2. The number of carbonyl (C=O) groups is 1. The van der Waals surface area contributed by atoms with Crippen molar-refractivity contribution in [1.82, 2.24) is 10.6 Å². The molecule has 122 valence electrons. The van der Waals surface area contributed by atoms with Crippen LogP contribution in [0.2, 0.25) is 0 Å². The molecule has 3 nitrogen and oxygen atoms in total. The third kappa shape index (κ3) is 4.98. The molecule has 1 heterocycles. The van der Waals surface area contributed by atoms with Gasteiger partial charge in [-0.25, -0.2) is 0 Å². The van der Waals surface area contributed by atoms with Crippen LogP contribution >= 0.6 is 0 Å². The van der Waals surface area contributed by atoms with Crippen molar-refractivity contribution in [3.05, 3.63) is 0 Å². The van der Waals surface area contributed by atoms with Crippen LogP contribution in [0.1, 0.15) is 72.1 Å². The zero-order chi connectivity index (χ0) is 15.3. The first kappa shape index (κ1) is 16.8. The third-order valence-corrected chi connectivity index (χ3v) is 6.04. The van der Waals surface area contributed by atoms with Crippen molar-refractivity contribution in [2.75, 3.05) is 13.1 Å². The van der Waals surface area contributed by atoms with Gasteiger partial charge in [0, 0.05) is 12.5 Å². The second kappa shape index (κ2) is 7.62. The Bertz CT molecular complexity index is 326. The molecule has 0 aromatic rings. The van der Waals surface area contributed by atoms with E-state index in [0.29, 0.717) is 23.3 Å². The minimum absolute atomic E-state index is 0.292. The Morgan fingerprint density at radius 3 is 2.29 bits per heavy atom. The van der Waals surface area contributed by atoms with E-state index in [4.69, 9.17) is 0 Å². The number of nitrogens with one attached hydrogen (secondary N) is 2. The Balaban J connectivity index is 1.69. The predicted octanol–water partition coefficient (Wildman–Crippen LogP) is 3.49. The molecule has 0 atom stereocenters. The highest BCUT2D eigenvalue weighted by Gasteiger charge is 2.32. The smallest absolute Gasteiger partial charge is 0.220 e. The van der Waals surface area contributed by atoms with E-state index in [1.165, 1.54) is 32.1 Å². The van der Waals surface area contributed by atoms with E-state index in [2.05, 4.69) is 31.4 Å². The molecule has 0 bridgehead atoms. The van der Waals surface area contributed by atoms with Gasteiger partial charge in [0.25, 0.3) is 0 Å². The number of rotatable bonds is 5. The molecule has 1 aliphatic heterocycles. The number of hydrogen-bond donors (Lipinski definition) is 2. The molecule has 0 radical (unpaired) electrons. The van der Waals surface area contributed by atoms with Gasteiger partial charge >= 0.3 is 0 Å². The molecular weight excluding hydrogens is 260 g/mol. The highest BCUT2D eigenvalue weighted by molar-refractivity contribution is 5.76. The standard InChI is InChI=1S/C18H34N2O/c1-4-18(2,3)15-5-7-16(8-6-15)20-17(21)13-14-9-11-19-12-10-14/h14-16,19H,4-13H2,1-3H3,(H,20,21). The van der Waals surface area contributed by atoms with Gasteiger partial charge in [-0.1, -0.05) is 27.2 Å². The molecule has 2 aliphatic rings. The Morgan fingerprint density at radius 2 is 1.71 bits per heavy atom. The minimum Gasteiger partial charge on any atom is -0.353 e. The second-order valence-electron chi connectivity index (χ2n) is 7.86. The molecule has 2 fully saturated rings. The van der Waals surface area contributed by atoms with Crippen molar-refractivity contribution in [2.45, 2.75) is 78.2 Å². The van der Waals surface area contributed by atoms with Gasteiger partial charge in [0.2, 0.25) is 5.91 Å². The monoisotopic (exact) mass is 294 g/mol. The van der Waals surface area contributed by atoms with E-state index >= 15 is 0 Å². The first-order valence-electron chi connectivity index (χ1n) is 9.01. The van der Waals surface area contributed by atoms with E-state index < -0.39 is 0 Å². The fourth-order valence-corrected chi connectivity index (χ4v) is 3.94. The Labute approximate surface area is 130 Å². The summed E-state index contributed by atoms with van der Waals surface area (Å²) in [5.41, 5.74) is 0.462. The van der Waals surface area contributed by atoms with Crippen molar-refractivity contribution in [2.24, 2.45) is 17.3 Å². The van der Waals surface area contributed by atoms with Gasteiger partial charge in [0.15, 0.2) is 0 Å². The molecule has 1 saturated carbocycles. The average Bonchev–Trinajstić information content (AvgIpc) is 2.48. The largest absolute Gasteiger partial charge is 0.353 e. The van der Waals surface area contributed by atoms with Crippen molar-refractivity contribution < 1.29 is 4.79 Å². The maximum Gasteiger partial charge on any atom is 0.220 e. The van der Waals surface area contributed by atoms with E-state index in [0.717, 1.165) is 38.3 Å². The molecule has 21 heavy (non-hydrogen) atoms. The fraction of sp³-hybridized carbons (Fsp3) is 0.944. The summed E-state index contributed by atoms with van der Waals surface area (Å²) >= 11 is 0. The average molecular weight is 294 g/mol. The Morgan fingerprint density at radius 1 is 1.10 bits per heavy atom. The van der Waals surface area contributed by atoms with Gasteiger partial charge in [0.1, 0.15) is 0 Å². The first-order valence-corrected chi connectivity index (χ1v) is 9.01. The van der Waals surface area contributed by atoms with Crippen molar-refractivity contribution >= 4 is 5.91 Å². The minimum atomic E-state index is 0.292. The lowest BCUT2D eigenvalue weighted by atomic mass is 9.69. The summed E-state index contributed by atoms with van der Waals surface area (Å²) in [6, 6.07) is 0.433. The highest BCUT2D eigenvalue weighted by atomic mass is 16.1. The second-order valence-corrected chi connectivity index (χ2v) is 7.86. The summed E-state index contributed by atoms with van der Waals surface area (Å²) in [7, 11) is 0. The molecule has 0 spiro atoms. The van der Waals surface area contributed by atoms with Gasteiger partial charge in [0.05, 0.1) is 0 Å². The molecule has 1 amide bonds. The first-order chi connectivity index (χ1) is 10.0. The lowest BCUT2D eigenvalue weighted by Gasteiger charge is -2.39. The van der Waals surface area contributed by atoms with Crippen LogP contribution in [0.4, 0.5) is 0 Å².